The minimum absolute atomic E-state index is 0.0350. The van der Waals surface area contributed by atoms with E-state index in [4.69, 9.17) is 11.6 Å². The molecule has 0 aliphatic rings. The maximum Gasteiger partial charge on any atom is 0.416 e. The number of rotatable bonds is 6. The molecule has 138 valence electrons. The summed E-state index contributed by atoms with van der Waals surface area (Å²) in [4.78, 5) is 23.9. The predicted molar refractivity (Wildman–Crippen MR) is 88.1 cm³/mol. The third-order valence-electron chi connectivity index (χ3n) is 3.43. The van der Waals surface area contributed by atoms with Gasteiger partial charge < -0.3 is 10.2 Å². The molecule has 26 heavy (non-hydrogen) atoms. The fraction of sp³-hybridized carbons (Fsp3) is 0.176. The van der Waals surface area contributed by atoms with Crippen LogP contribution in [0.5, 0.6) is 0 Å². The van der Waals surface area contributed by atoms with E-state index in [2.05, 4.69) is 5.32 Å². The lowest BCUT2D eigenvalue weighted by Gasteiger charge is -2.18. The molecule has 0 heterocycles. The first kappa shape index (κ1) is 19.7. The summed E-state index contributed by atoms with van der Waals surface area (Å²) in [6.07, 6.45) is -4.14. The van der Waals surface area contributed by atoms with Gasteiger partial charge in [-0.15, -0.1) is 0 Å². The molecule has 2 aromatic carbocycles. The molecule has 0 saturated heterocycles. The van der Waals surface area contributed by atoms with Gasteiger partial charge in [-0.3, -0.25) is 9.59 Å². The summed E-state index contributed by atoms with van der Waals surface area (Å²) >= 11 is 5.63. The van der Waals surface area contributed by atoms with Crippen molar-refractivity contribution in [3.8, 4) is 0 Å². The van der Waals surface area contributed by atoms with E-state index in [1.54, 1.807) is 0 Å². The fourth-order valence-electron chi connectivity index (χ4n) is 2.12. The van der Waals surface area contributed by atoms with Gasteiger partial charge in [0.1, 0.15) is 12.4 Å². The highest BCUT2D eigenvalue weighted by atomic mass is 35.5. The summed E-state index contributed by atoms with van der Waals surface area (Å²) in [6, 6.07) is 7.92. The van der Waals surface area contributed by atoms with Crippen LogP contribution < -0.4 is 10.2 Å². The topological polar surface area (TPSA) is 49.4 Å². The van der Waals surface area contributed by atoms with Gasteiger partial charge in [-0.05, 0) is 35.9 Å². The van der Waals surface area contributed by atoms with Crippen molar-refractivity contribution in [3.05, 3.63) is 64.4 Å². The second-order valence-corrected chi connectivity index (χ2v) is 5.74. The van der Waals surface area contributed by atoms with E-state index in [0.717, 1.165) is 23.1 Å². The minimum Gasteiger partial charge on any atom is -0.350 e. The Labute approximate surface area is 151 Å². The predicted octanol–water partition coefficient (Wildman–Crippen LogP) is 3.78. The Morgan fingerprint density at radius 3 is 2.35 bits per heavy atom. The van der Waals surface area contributed by atoms with E-state index in [1.165, 1.54) is 24.3 Å². The highest BCUT2D eigenvalue weighted by Crippen LogP contribution is 2.29. The molecule has 0 fully saturated rings. The number of hydrogen-bond acceptors (Lipinski definition) is 2. The van der Waals surface area contributed by atoms with E-state index < -0.39 is 30.0 Å². The molecule has 0 bridgehead atoms. The molecular formula is C17H13ClF4N2O2. The van der Waals surface area contributed by atoms with Gasteiger partial charge in [0.05, 0.1) is 11.3 Å². The van der Waals surface area contributed by atoms with Crippen molar-refractivity contribution in [1.82, 2.24) is 5.32 Å². The summed E-state index contributed by atoms with van der Waals surface area (Å²) in [5, 5.41) is 2.60. The van der Waals surface area contributed by atoms with Crippen molar-refractivity contribution < 1.29 is 27.2 Å². The zero-order valence-corrected chi connectivity index (χ0v) is 13.9. The quantitative estimate of drug-likeness (QED) is 0.605. The normalized spacial score (nSPS) is 11.1. The lowest BCUT2D eigenvalue weighted by atomic mass is 10.1. The van der Waals surface area contributed by atoms with Gasteiger partial charge in [0.15, 0.2) is 0 Å². The number of anilines is 1. The Hall–Kier alpha value is -2.61. The van der Waals surface area contributed by atoms with Gasteiger partial charge in [-0.2, -0.15) is 13.2 Å². The van der Waals surface area contributed by atoms with Crippen LogP contribution in [0.15, 0.2) is 42.5 Å². The first-order valence-corrected chi connectivity index (χ1v) is 7.68. The van der Waals surface area contributed by atoms with Crippen molar-refractivity contribution in [2.45, 2.75) is 12.7 Å². The summed E-state index contributed by atoms with van der Waals surface area (Å²) in [5.74, 6) is -1.37. The van der Waals surface area contributed by atoms with Gasteiger partial charge in [-0.1, -0.05) is 23.7 Å². The number of hydrogen-bond donors (Lipinski definition) is 1. The molecule has 9 heteroatoms. The number of alkyl halides is 3. The molecule has 0 radical (unpaired) electrons. The van der Waals surface area contributed by atoms with E-state index >= 15 is 0 Å². The van der Waals surface area contributed by atoms with Crippen LogP contribution in [0.2, 0.25) is 5.02 Å². The number of nitrogens with zero attached hydrogens (tertiary/aromatic N) is 1. The van der Waals surface area contributed by atoms with Crippen LogP contribution in [-0.4, -0.2) is 18.9 Å². The standard InChI is InChI=1S/C17H13ClF4N2O2/c18-13-5-6-15(14(19)7-13)24(10-25)9-16(26)23-8-11-1-3-12(4-2-11)17(20,21)22/h1-7,10H,8-9H2,(H,23,26). The third kappa shape index (κ3) is 5.19. The van der Waals surface area contributed by atoms with Crippen LogP contribution in [0.1, 0.15) is 11.1 Å². The zero-order valence-electron chi connectivity index (χ0n) is 13.2. The molecule has 0 atom stereocenters. The summed E-state index contributed by atoms with van der Waals surface area (Å²) in [7, 11) is 0. The largest absolute Gasteiger partial charge is 0.416 e. The highest BCUT2D eigenvalue weighted by Gasteiger charge is 2.29. The summed E-state index contributed by atoms with van der Waals surface area (Å²) in [6.45, 7) is -0.491. The zero-order chi connectivity index (χ0) is 19.3. The van der Waals surface area contributed by atoms with Crippen molar-refractivity contribution in [3.63, 3.8) is 0 Å². The van der Waals surface area contributed by atoms with E-state index in [-0.39, 0.29) is 17.3 Å². The molecule has 2 aromatic rings. The van der Waals surface area contributed by atoms with Crippen LogP contribution in [0.25, 0.3) is 0 Å². The molecule has 0 aromatic heterocycles. The highest BCUT2D eigenvalue weighted by molar-refractivity contribution is 6.30. The van der Waals surface area contributed by atoms with Crippen LogP contribution in [0.3, 0.4) is 0 Å². The van der Waals surface area contributed by atoms with Gasteiger partial charge in [0, 0.05) is 11.6 Å². The Morgan fingerprint density at radius 1 is 1.15 bits per heavy atom. The second-order valence-electron chi connectivity index (χ2n) is 5.30. The van der Waals surface area contributed by atoms with Crippen molar-refractivity contribution >= 4 is 29.6 Å². The van der Waals surface area contributed by atoms with Crippen molar-refractivity contribution in [2.75, 3.05) is 11.4 Å². The van der Waals surface area contributed by atoms with E-state index in [1.807, 2.05) is 0 Å². The summed E-state index contributed by atoms with van der Waals surface area (Å²) < 4.78 is 51.3. The Bertz CT molecular complexity index is 794. The first-order valence-electron chi connectivity index (χ1n) is 7.30. The van der Waals surface area contributed by atoms with E-state index in [9.17, 15) is 27.2 Å². The lowest BCUT2D eigenvalue weighted by Crippen LogP contribution is -2.36. The van der Waals surface area contributed by atoms with Crippen molar-refractivity contribution in [1.29, 1.82) is 0 Å². The molecule has 0 aliphatic carbocycles. The molecule has 0 saturated carbocycles. The maximum atomic E-state index is 13.8. The number of amides is 2. The smallest absolute Gasteiger partial charge is 0.350 e. The number of carbonyl (C=O) groups is 2. The molecular weight excluding hydrogens is 376 g/mol. The average molecular weight is 389 g/mol. The molecule has 4 nitrogen and oxygen atoms in total. The first-order chi connectivity index (χ1) is 12.2. The van der Waals surface area contributed by atoms with Gasteiger partial charge in [-0.25, -0.2) is 4.39 Å². The SMILES string of the molecule is O=CN(CC(=O)NCc1ccc(C(F)(F)F)cc1)c1ccc(Cl)cc1F. The molecule has 2 amide bonds. The molecule has 2 rings (SSSR count). The van der Waals surface area contributed by atoms with Gasteiger partial charge >= 0.3 is 6.18 Å². The van der Waals surface area contributed by atoms with Gasteiger partial charge in [0.2, 0.25) is 12.3 Å². The Balaban J connectivity index is 1.96. The van der Waals surface area contributed by atoms with E-state index in [0.29, 0.717) is 12.0 Å². The number of nitrogens with one attached hydrogen (secondary N) is 1. The Kier molecular flexibility index (Phi) is 6.20. The van der Waals surface area contributed by atoms with Gasteiger partial charge in [0.25, 0.3) is 0 Å². The number of halogens is 5. The van der Waals surface area contributed by atoms with Crippen LogP contribution >= 0.6 is 11.6 Å². The fourth-order valence-corrected chi connectivity index (χ4v) is 2.28. The number of benzene rings is 2. The Morgan fingerprint density at radius 2 is 1.81 bits per heavy atom. The maximum absolute atomic E-state index is 13.8. The molecule has 0 spiro atoms. The van der Waals surface area contributed by atoms with Crippen LogP contribution in [0.4, 0.5) is 23.2 Å². The minimum atomic E-state index is -4.44. The number of carbonyl (C=O) groups excluding carboxylic acids is 2. The van der Waals surface area contributed by atoms with Crippen LogP contribution in [0, 0.1) is 5.82 Å². The second kappa shape index (κ2) is 8.18. The molecule has 0 unspecified atom stereocenters. The average Bonchev–Trinajstić information content (AvgIpc) is 2.58. The van der Waals surface area contributed by atoms with Crippen LogP contribution in [-0.2, 0) is 22.3 Å². The third-order valence-corrected chi connectivity index (χ3v) is 3.67. The lowest BCUT2D eigenvalue weighted by molar-refractivity contribution is -0.137. The van der Waals surface area contributed by atoms with Crippen molar-refractivity contribution in [2.24, 2.45) is 0 Å². The molecule has 1 N–H and O–H groups in total. The molecule has 0 aliphatic heterocycles. The summed E-state index contributed by atoms with van der Waals surface area (Å²) in [5.41, 5.74) is -0.464. The monoisotopic (exact) mass is 388 g/mol.